The van der Waals surface area contributed by atoms with Crippen molar-refractivity contribution in [3.05, 3.63) is 71.8 Å². The summed E-state index contributed by atoms with van der Waals surface area (Å²) < 4.78 is 0. The summed E-state index contributed by atoms with van der Waals surface area (Å²) in [6.07, 6.45) is 2.23. The molecule has 60 heavy (non-hydrogen) atoms. The van der Waals surface area contributed by atoms with Gasteiger partial charge in [0.2, 0.25) is 35.4 Å². The summed E-state index contributed by atoms with van der Waals surface area (Å²) in [4.78, 5) is 91.0. The summed E-state index contributed by atoms with van der Waals surface area (Å²) in [6.45, 7) is 4.38. The molecule has 1 saturated heterocycles. The molecule has 0 aromatic heterocycles. The molecule has 3 rings (SSSR count). The normalized spacial score (nSPS) is 16.0. The average molecular weight is 834 g/mol. The number of aliphatic imine (C=N–C) groups is 2. The maximum Gasteiger partial charge on any atom is 0.245 e. The minimum atomic E-state index is -1.19. The molecule has 2 aromatic carbocycles. The Morgan fingerprint density at radius 3 is 1.70 bits per heavy atom. The van der Waals surface area contributed by atoms with Gasteiger partial charge in [-0.15, -0.1) is 0 Å². The molecule has 16 N–H and O–H groups in total. The summed E-state index contributed by atoms with van der Waals surface area (Å²) in [5.74, 6) is -3.94. The molecule has 19 heteroatoms. The predicted octanol–water partition coefficient (Wildman–Crippen LogP) is -1.63. The fourth-order valence-corrected chi connectivity index (χ4v) is 6.87. The second-order valence-corrected chi connectivity index (χ2v) is 15.3. The minimum absolute atomic E-state index is 0.0198. The van der Waals surface area contributed by atoms with Crippen LogP contribution >= 0.6 is 0 Å². The number of carbonyl (C=O) groups is 6. The standard InChI is InChI=1S/C41H63N13O6/c1-25(2)22-31(52-35(56)28(42)23-26-12-5-3-6-13-26)36(57)53-32(24-27-14-7-4-8-15-27)37(58)51-30(17-10-20-49-41(46)47)39(60)54-21-11-18-33(54)38(59)50-29(34(43)55)16-9-19-48-40(44)45/h3-8,12-15,25,28-33H,9-11,16-24,42H2,1-2H3,(H2,43,55)(H,50,59)(H,51,58)(H,52,56)(H,53,57)(H4,44,45,48)(H4,46,47,49)/t28-,29-,30-,31-,32-,33-/m0/s1. The lowest BCUT2D eigenvalue weighted by atomic mass is 9.99. The van der Waals surface area contributed by atoms with Crippen LogP contribution in [0.15, 0.2) is 70.6 Å². The highest BCUT2D eigenvalue weighted by atomic mass is 16.2. The van der Waals surface area contributed by atoms with Crippen LogP contribution in [0.5, 0.6) is 0 Å². The maximum atomic E-state index is 14.3. The van der Waals surface area contributed by atoms with Gasteiger partial charge in [0.15, 0.2) is 11.9 Å². The Kier molecular flexibility index (Phi) is 19.8. The summed E-state index contributed by atoms with van der Waals surface area (Å²) >= 11 is 0. The number of hydrogen-bond acceptors (Lipinski definition) is 9. The van der Waals surface area contributed by atoms with Gasteiger partial charge in [-0.05, 0) is 68.4 Å². The third-order valence-electron chi connectivity index (χ3n) is 9.89. The highest BCUT2D eigenvalue weighted by Gasteiger charge is 2.39. The summed E-state index contributed by atoms with van der Waals surface area (Å²) in [7, 11) is 0. The van der Waals surface area contributed by atoms with E-state index in [1.807, 2.05) is 50.2 Å². The van der Waals surface area contributed by atoms with Crippen molar-refractivity contribution < 1.29 is 28.8 Å². The highest BCUT2D eigenvalue weighted by molar-refractivity contribution is 5.97. The van der Waals surface area contributed by atoms with Crippen molar-refractivity contribution in [2.75, 3.05) is 19.6 Å². The van der Waals surface area contributed by atoms with Gasteiger partial charge in [0.1, 0.15) is 30.2 Å². The second-order valence-electron chi connectivity index (χ2n) is 15.3. The van der Waals surface area contributed by atoms with Gasteiger partial charge in [-0.3, -0.25) is 38.8 Å². The SMILES string of the molecule is CC(C)C[C@H](NC(=O)[C@@H](N)Cc1ccccc1)C(=O)N[C@@H](Cc1ccccc1)C(=O)N[C@@H](CCCN=C(N)N)C(=O)N1CCC[C@H]1C(=O)N[C@@H](CCCN=C(N)N)C(N)=O. The number of nitrogens with one attached hydrogen (secondary N) is 4. The molecule has 1 fully saturated rings. The van der Waals surface area contributed by atoms with E-state index in [4.69, 9.17) is 34.4 Å². The number of primary amides is 1. The van der Waals surface area contributed by atoms with E-state index in [1.165, 1.54) is 4.90 Å². The van der Waals surface area contributed by atoms with Crippen LogP contribution in [-0.4, -0.2) is 108 Å². The first-order valence-electron chi connectivity index (χ1n) is 20.3. The fraction of sp³-hybridized carbons (Fsp3) is 0.512. The lowest BCUT2D eigenvalue weighted by Gasteiger charge is -2.31. The highest BCUT2D eigenvalue weighted by Crippen LogP contribution is 2.21. The topological polar surface area (TPSA) is 335 Å². The lowest BCUT2D eigenvalue weighted by Crippen LogP contribution is -2.59. The largest absolute Gasteiger partial charge is 0.370 e. The van der Waals surface area contributed by atoms with Gasteiger partial charge in [0.05, 0.1) is 6.04 Å². The number of carbonyl (C=O) groups excluding carboxylic acids is 6. The molecular formula is C41H63N13O6. The van der Waals surface area contributed by atoms with E-state index in [2.05, 4.69) is 31.3 Å². The zero-order valence-electron chi connectivity index (χ0n) is 34.6. The number of likely N-dealkylation sites (tertiary alicyclic amines) is 1. The van der Waals surface area contributed by atoms with E-state index in [0.29, 0.717) is 19.3 Å². The van der Waals surface area contributed by atoms with Crippen LogP contribution in [0.3, 0.4) is 0 Å². The van der Waals surface area contributed by atoms with Crippen molar-refractivity contribution in [1.82, 2.24) is 26.2 Å². The molecule has 0 unspecified atom stereocenters. The summed E-state index contributed by atoms with van der Waals surface area (Å²) in [5.41, 5.74) is 35.2. The van der Waals surface area contributed by atoms with E-state index in [1.54, 1.807) is 24.3 Å². The Balaban J connectivity index is 1.85. The average Bonchev–Trinajstić information content (AvgIpc) is 3.70. The van der Waals surface area contributed by atoms with E-state index >= 15 is 0 Å². The maximum absolute atomic E-state index is 14.3. The Labute approximate surface area is 351 Å². The van der Waals surface area contributed by atoms with Gasteiger partial charge >= 0.3 is 0 Å². The molecule has 0 spiro atoms. The number of benzene rings is 2. The number of hydrogen-bond donors (Lipinski definition) is 10. The molecule has 1 aliphatic heterocycles. The molecule has 0 saturated carbocycles. The zero-order chi connectivity index (χ0) is 44.2. The number of amides is 6. The monoisotopic (exact) mass is 834 g/mol. The van der Waals surface area contributed by atoms with Crippen LogP contribution in [0.1, 0.15) is 69.9 Å². The van der Waals surface area contributed by atoms with E-state index in [-0.39, 0.29) is 76.0 Å². The van der Waals surface area contributed by atoms with Crippen LogP contribution in [0.25, 0.3) is 0 Å². The van der Waals surface area contributed by atoms with Gasteiger partial charge in [-0.2, -0.15) is 0 Å². The Bertz CT molecular complexity index is 1790. The van der Waals surface area contributed by atoms with Crippen LogP contribution in [0.2, 0.25) is 0 Å². The van der Waals surface area contributed by atoms with Crippen molar-refractivity contribution in [1.29, 1.82) is 0 Å². The summed E-state index contributed by atoms with van der Waals surface area (Å²) in [6, 6.07) is 12.0. The van der Waals surface area contributed by atoms with Gasteiger partial charge < -0.3 is 60.6 Å². The number of nitrogens with zero attached hydrogens (tertiary/aromatic N) is 3. The molecule has 0 radical (unpaired) electrons. The van der Waals surface area contributed by atoms with Gasteiger partial charge in [0, 0.05) is 26.1 Å². The third kappa shape index (κ3) is 16.6. The third-order valence-corrected chi connectivity index (χ3v) is 9.89. The minimum Gasteiger partial charge on any atom is -0.370 e. The molecule has 0 aliphatic carbocycles. The molecule has 1 heterocycles. The Hall–Kier alpha value is -6.24. The lowest BCUT2D eigenvalue weighted by molar-refractivity contribution is -0.142. The van der Waals surface area contributed by atoms with E-state index < -0.39 is 71.7 Å². The zero-order valence-corrected chi connectivity index (χ0v) is 34.6. The molecule has 328 valence electrons. The molecule has 1 aliphatic rings. The molecular weight excluding hydrogens is 771 g/mol. The number of nitrogens with two attached hydrogens (primary N) is 6. The van der Waals surface area contributed by atoms with Crippen LogP contribution in [0, 0.1) is 5.92 Å². The van der Waals surface area contributed by atoms with Crippen LogP contribution in [-0.2, 0) is 41.6 Å². The molecule has 6 atom stereocenters. The number of rotatable bonds is 24. The fourth-order valence-electron chi connectivity index (χ4n) is 6.87. The first-order valence-corrected chi connectivity index (χ1v) is 20.3. The Morgan fingerprint density at radius 1 is 0.667 bits per heavy atom. The second kappa shape index (κ2) is 24.6. The van der Waals surface area contributed by atoms with Crippen molar-refractivity contribution >= 4 is 47.4 Å². The van der Waals surface area contributed by atoms with Crippen molar-refractivity contribution in [2.24, 2.45) is 50.3 Å². The van der Waals surface area contributed by atoms with Crippen molar-refractivity contribution in [3.8, 4) is 0 Å². The van der Waals surface area contributed by atoms with Crippen LogP contribution < -0.4 is 55.7 Å². The first kappa shape index (κ1) is 48.1. The van der Waals surface area contributed by atoms with Crippen molar-refractivity contribution in [3.63, 3.8) is 0 Å². The molecule has 0 bridgehead atoms. The Morgan fingerprint density at radius 2 is 1.17 bits per heavy atom. The molecule has 2 aromatic rings. The van der Waals surface area contributed by atoms with Crippen LogP contribution in [0.4, 0.5) is 0 Å². The van der Waals surface area contributed by atoms with Gasteiger partial charge in [0.25, 0.3) is 0 Å². The smallest absolute Gasteiger partial charge is 0.245 e. The van der Waals surface area contributed by atoms with Crippen molar-refractivity contribution in [2.45, 2.75) is 108 Å². The summed E-state index contributed by atoms with van der Waals surface area (Å²) in [5, 5.41) is 11.1. The van der Waals surface area contributed by atoms with E-state index in [0.717, 1.165) is 11.1 Å². The molecule has 6 amide bonds. The van der Waals surface area contributed by atoms with E-state index in [9.17, 15) is 28.8 Å². The van der Waals surface area contributed by atoms with Gasteiger partial charge in [-0.1, -0.05) is 74.5 Å². The first-order chi connectivity index (χ1) is 28.5. The molecule has 19 nitrogen and oxygen atoms in total. The number of guanidine groups is 2. The predicted molar refractivity (Wildman–Crippen MR) is 229 cm³/mol. The van der Waals surface area contributed by atoms with Gasteiger partial charge in [-0.25, -0.2) is 0 Å². The quantitative estimate of drug-likeness (QED) is 0.0325.